The minimum absolute atomic E-state index is 0.0145. The summed E-state index contributed by atoms with van der Waals surface area (Å²) in [6, 6.07) is 3.09. The highest BCUT2D eigenvalue weighted by atomic mass is 35.7. The maximum absolute atomic E-state index is 12.4. The molecule has 0 radical (unpaired) electrons. The summed E-state index contributed by atoms with van der Waals surface area (Å²) >= 11 is 0. The number of amides is 1. The van der Waals surface area contributed by atoms with E-state index in [0.29, 0.717) is 29.5 Å². The molecule has 4 nitrogen and oxygen atoms in total. The average Bonchev–Trinajstić information content (AvgIpc) is 3.05. The van der Waals surface area contributed by atoms with Crippen LogP contribution in [0.15, 0.2) is 17.0 Å². The number of halogens is 1. The van der Waals surface area contributed by atoms with E-state index in [1.165, 1.54) is 6.07 Å². The van der Waals surface area contributed by atoms with Crippen molar-refractivity contribution in [1.82, 2.24) is 4.90 Å². The zero-order chi connectivity index (χ0) is 15.9. The molecule has 2 atom stereocenters. The van der Waals surface area contributed by atoms with Gasteiger partial charge in [0.1, 0.15) is 0 Å². The van der Waals surface area contributed by atoms with Crippen molar-refractivity contribution in [1.29, 1.82) is 0 Å². The molecule has 1 aliphatic carbocycles. The zero-order valence-corrected chi connectivity index (χ0v) is 14.3. The summed E-state index contributed by atoms with van der Waals surface area (Å²) in [7, 11) is 3.34. The number of benzene rings is 1. The predicted octanol–water partition coefficient (Wildman–Crippen LogP) is 2.96. The van der Waals surface area contributed by atoms with E-state index in [0.717, 1.165) is 12.0 Å². The van der Waals surface area contributed by atoms with E-state index in [-0.39, 0.29) is 10.8 Å². The lowest BCUT2D eigenvalue weighted by atomic mass is 10.1. The van der Waals surface area contributed by atoms with Crippen LogP contribution in [-0.2, 0) is 9.05 Å². The molecule has 0 bridgehead atoms. The molecule has 1 aromatic carbocycles. The minimum Gasteiger partial charge on any atom is -0.341 e. The largest absolute Gasteiger partial charge is 0.341 e. The third-order valence-corrected chi connectivity index (χ3v) is 5.71. The van der Waals surface area contributed by atoms with Crippen molar-refractivity contribution in [3.8, 4) is 0 Å². The highest BCUT2D eigenvalue weighted by molar-refractivity contribution is 8.13. The van der Waals surface area contributed by atoms with E-state index in [1.54, 1.807) is 31.9 Å². The molecule has 6 heteroatoms. The number of hydrogen-bond acceptors (Lipinski definition) is 3. The van der Waals surface area contributed by atoms with Crippen LogP contribution in [0.1, 0.15) is 34.8 Å². The minimum atomic E-state index is -3.86. The van der Waals surface area contributed by atoms with Crippen LogP contribution < -0.4 is 0 Å². The summed E-state index contributed by atoms with van der Waals surface area (Å²) < 4.78 is 23.2. The first-order chi connectivity index (χ1) is 9.61. The maximum Gasteiger partial charge on any atom is 0.261 e. The van der Waals surface area contributed by atoms with E-state index in [2.05, 4.69) is 6.92 Å². The van der Waals surface area contributed by atoms with E-state index in [1.807, 2.05) is 0 Å². The van der Waals surface area contributed by atoms with Gasteiger partial charge in [-0.3, -0.25) is 4.79 Å². The lowest BCUT2D eigenvalue weighted by Gasteiger charge is -2.18. The second-order valence-electron chi connectivity index (χ2n) is 6.01. The molecule has 1 aliphatic rings. The van der Waals surface area contributed by atoms with Crippen LogP contribution in [0.3, 0.4) is 0 Å². The summed E-state index contributed by atoms with van der Waals surface area (Å²) in [5, 5.41) is 0. The standard InChI is InChI=1S/C15H20ClNO3S/c1-9-5-12(7-14(11(9)3)21(16,19)20)15(18)17(4)8-13-6-10(13)2/h5,7,10,13H,6,8H2,1-4H3. The second-order valence-corrected chi connectivity index (χ2v) is 8.55. The van der Waals surface area contributed by atoms with Gasteiger partial charge in [0.15, 0.2) is 0 Å². The Hall–Kier alpha value is -1.07. The number of rotatable bonds is 4. The molecule has 1 saturated carbocycles. The van der Waals surface area contributed by atoms with Crippen LogP contribution in [0, 0.1) is 25.7 Å². The summed E-state index contributed by atoms with van der Waals surface area (Å²) in [4.78, 5) is 14.1. The predicted molar refractivity (Wildman–Crippen MR) is 83.2 cm³/mol. The normalized spacial score (nSPS) is 21.2. The summed E-state index contributed by atoms with van der Waals surface area (Å²) in [6.07, 6.45) is 1.14. The first-order valence-electron chi connectivity index (χ1n) is 6.92. The van der Waals surface area contributed by atoms with Crippen molar-refractivity contribution in [2.45, 2.75) is 32.1 Å². The molecule has 0 aliphatic heterocycles. The van der Waals surface area contributed by atoms with Crippen molar-refractivity contribution < 1.29 is 13.2 Å². The molecule has 0 heterocycles. The van der Waals surface area contributed by atoms with Gasteiger partial charge in [0.25, 0.3) is 15.0 Å². The number of hydrogen-bond donors (Lipinski definition) is 0. The second kappa shape index (κ2) is 5.61. The Morgan fingerprint density at radius 3 is 2.43 bits per heavy atom. The Morgan fingerprint density at radius 2 is 1.95 bits per heavy atom. The first-order valence-corrected chi connectivity index (χ1v) is 9.23. The Balaban J connectivity index is 2.31. The summed E-state index contributed by atoms with van der Waals surface area (Å²) in [5.41, 5.74) is 1.70. The van der Waals surface area contributed by atoms with Crippen LogP contribution in [0.2, 0.25) is 0 Å². The number of nitrogens with zero attached hydrogens (tertiary/aromatic N) is 1. The monoisotopic (exact) mass is 329 g/mol. The molecule has 0 aromatic heterocycles. The third kappa shape index (κ3) is 3.58. The van der Waals surface area contributed by atoms with E-state index in [9.17, 15) is 13.2 Å². The van der Waals surface area contributed by atoms with Gasteiger partial charge in [0.2, 0.25) is 0 Å². The van der Waals surface area contributed by atoms with Gasteiger partial charge < -0.3 is 4.90 Å². The molecule has 0 saturated heterocycles. The molecule has 1 amide bonds. The summed E-state index contributed by atoms with van der Waals surface area (Å²) in [5.74, 6) is 1.05. The molecule has 21 heavy (non-hydrogen) atoms. The Morgan fingerprint density at radius 1 is 1.38 bits per heavy atom. The topological polar surface area (TPSA) is 54.5 Å². The summed E-state index contributed by atoms with van der Waals surface area (Å²) in [6.45, 7) is 6.34. The molecule has 1 fully saturated rings. The average molecular weight is 330 g/mol. The van der Waals surface area contributed by atoms with Crippen molar-refractivity contribution >= 4 is 25.6 Å². The van der Waals surface area contributed by atoms with Crippen LogP contribution in [0.5, 0.6) is 0 Å². The molecular formula is C15H20ClNO3S. The highest BCUT2D eigenvalue weighted by Crippen LogP contribution is 2.38. The molecule has 2 rings (SSSR count). The molecule has 1 aromatic rings. The van der Waals surface area contributed by atoms with Crippen LogP contribution in [0.25, 0.3) is 0 Å². The SMILES string of the molecule is Cc1cc(C(=O)N(C)CC2CC2C)cc(S(=O)(=O)Cl)c1C. The zero-order valence-electron chi connectivity index (χ0n) is 12.7. The fourth-order valence-electron chi connectivity index (χ4n) is 2.51. The van der Waals surface area contributed by atoms with Gasteiger partial charge in [-0.15, -0.1) is 0 Å². The fraction of sp³-hybridized carbons (Fsp3) is 0.533. The van der Waals surface area contributed by atoms with Crippen molar-refractivity contribution in [3.05, 3.63) is 28.8 Å². The van der Waals surface area contributed by atoms with E-state index >= 15 is 0 Å². The Kier molecular flexibility index (Phi) is 4.36. The fourth-order valence-corrected chi connectivity index (χ4v) is 3.79. The van der Waals surface area contributed by atoms with Gasteiger partial charge >= 0.3 is 0 Å². The van der Waals surface area contributed by atoms with Crippen molar-refractivity contribution in [2.75, 3.05) is 13.6 Å². The molecule has 116 valence electrons. The van der Waals surface area contributed by atoms with Gasteiger partial charge in [-0.05, 0) is 55.4 Å². The van der Waals surface area contributed by atoms with Gasteiger partial charge in [-0.1, -0.05) is 6.92 Å². The van der Waals surface area contributed by atoms with Crippen molar-refractivity contribution in [3.63, 3.8) is 0 Å². The molecule has 0 N–H and O–H groups in total. The third-order valence-electron chi connectivity index (χ3n) is 4.26. The van der Waals surface area contributed by atoms with Crippen LogP contribution in [-0.4, -0.2) is 32.8 Å². The van der Waals surface area contributed by atoms with Gasteiger partial charge in [-0.2, -0.15) is 0 Å². The van der Waals surface area contributed by atoms with Crippen LogP contribution in [0.4, 0.5) is 0 Å². The van der Waals surface area contributed by atoms with Gasteiger partial charge in [0.05, 0.1) is 4.90 Å². The number of aryl methyl sites for hydroxylation is 1. The van der Waals surface area contributed by atoms with Gasteiger partial charge in [-0.25, -0.2) is 8.42 Å². The first kappa shape index (κ1) is 16.3. The van der Waals surface area contributed by atoms with Crippen molar-refractivity contribution in [2.24, 2.45) is 11.8 Å². The Bertz CT molecular complexity index is 684. The van der Waals surface area contributed by atoms with Gasteiger partial charge in [0, 0.05) is 29.8 Å². The Labute approximate surface area is 130 Å². The quantitative estimate of drug-likeness (QED) is 0.798. The molecule has 2 unspecified atom stereocenters. The lowest BCUT2D eigenvalue weighted by molar-refractivity contribution is 0.0786. The highest BCUT2D eigenvalue weighted by Gasteiger charge is 2.34. The molecular weight excluding hydrogens is 310 g/mol. The molecule has 0 spiro atoms. The van der Waals surface area contributed by atoms with E-state index in [4.69, 9.17) is 10.7 Å². The smallest absolute Gasteiger partial charge is 0.261 e. The van der Waals surface area contributed by atoms with E-state index < -0.39 is 9.05 Å². The van der Waals surface area contributed by atoms with Crippen LogP contribution >= 0.6 is 10.7 Å². The lowest BCUT2D eigenvalue weighted by Crippen LogP contribution is -2.29. The number of carbonyl (C=O) groups is 1. The number of carbonyl (C=O) groups excluding carboxylic acids is 1. The maximum atomic E-state index is 12.4.